The second-order valence-electron chi connectivity index (χ2n) is 3.95. The highest BCUT2D eigenvalue weighted by molar-refractivity contribution is 6.29. The number of nitrogens with zero attached hydrogens (tertiary/aromatic N) is 3. The van der Waals surface area contributed by atoms with E-state index >= 15 is 0 Å². The molecule has 1 aromatic heterocycles. The third-order valence-electron chi connectivity index (χ3n) is 3.00. The Hall–Kier alpha value is -0.830. The van der Waals surface area contributed by atoms with Gasteiger partial charge in [-0.2, -0.15) is 0 Å². The normalized spacial score (nSPS) is 21.7. The molecule has 15 heavy (non-hydrogen) atoms. The van der Waals surface area contributed by atoms with E-state index in [4.69, 9.17) is 11.6 Å². The van der Waals surface area contributed by atoms with Crippen molar-refractivity contribution in [1.82, 2.24) is 9.97 Å². The summed E-state index contributed by atoms with van der Waals surface area (Å²) in [7, 11) is 0. The maximum atomic E-state index is 5.73. The summed E-state index contributed by atoms with van der Waals surface area (Å²) in [5.74, 6) is 0.964. The van der Waals surface area contributed by atoms with Crippen LogP contribution in [-0.4, -0.2) is 22.6 Å². The molecule has 0 aromatic carbocycles. The average molecular weight is 226 g/mol. The number of anilines is 1. The third-order valence-corrected chi connectivity index (χ3v) is 3.19. The van der Waals surface area contributed by atoms with Crippen LogP contribution in [0.5, 0.6) is 0 Å². The Labute approximate surface area is 95.5 Å². The van der Waals surface area contributed by atoms with Crippen LogP contribution >= 0.6 is 11.6 Å². The number of halogens is 1. The zero-order valence-corrected chi connectivity index (χ0v) is 9.74. The molecule has 1 aromatic rings. The summed E-state index contributed by atoms with van der Waals surface area (Å²) in [5.41, 5.74) is 0. The van der Waals surface area contributed by atoms with Gasteiger partial charge in [-0.1, -0.05) is 18.5 Å². The number of aromatic nitrogens is 2. The summed E-state index contributed by atoms with van der Waals surface area (Å²) in [4.78, 5) is 10.8. The quantitative estimate of drug-likeness (QED) is 0.775. The summed E-state index contributed by atoms with van der Waals surface area (Å²) in [6.07, 6.45) is 8.41. The largest absolute Gasteiger partial charge is 0.352 e. The van der Waals surface area contributed by atoms with Crippen LogP contribution in [-0.2, 0) is 0 Å². The molecule has 1 saturated heterocycles. The van der Waals surface area contributed by atoms with Crippen LogP contribution in [0.4, 0.5) is 5.82 Å². The Bertz CT molecular complexity index is 312. The van der Waals surface area contributed by atoms with Crippen LogP contribution in [0.2, 0.25) is 5.15 Å². The van der Waals surface area contributed by atoms with E-state index in [1.165, 1.54) is 25.7 Å². The summed E-state index contributed by atoms with van der Waals surface area (Å²) in [6, 6.07) is 0.620. The molecule has 2 rings (SSSR count). The fraction of sp³-hybridized carbons (Fsp3) is 0.636. The molecule has 1 atom stereocenters. The standard InChI is InChI=1S/C11H16ClN3/c1-2-9-5-3-4-6-15(9)11-8-13-10(12)7-14-11/h7-9H,2-6H2,1H3. The van der Waals surface area contributed by atoms with Crippen molar-refractivity contribution in [2.45, 2.75) is 38.6 Å². The minimum Gasteiger partial charge on any atom is -0.352 e. The molecule has 0 N–H and O–H groups in total. The molecule has 3 nitrogen and oxygen atoms in total. The lowest BCUT2D eigenvalue weighted by molar-refractivity contribution is 0.446. The first-order valence-electron chi connectivity index (χ1n) is 5.55. The van der Waals surface area contributed by atoms with Gasteiger partial charge < -0.3 is 4.90 Å². The van der Waals surface area contributed by atoms with E-state index < -0.39 is 0 Å². The summed E-state index contributed by atoms with van der Waals surface area (Å²) >= 11 is 5.73. The molecule has 1 aliphatic rings. The van der Waals surface area contributed by atoms with Gasteiger partial charge >= 0.3 is 0 Å². The van der Waals surface area contributed by atoms with Gasteiger partial charge in [0.1, 0.15) is 11.0 Å². The van der Waals surface area contributed by atoms with Crippen molar-refractivity contribution >= 4 is 17.4 Å². The van der Waals surface area contributed by atoms with Gasteiger partial charge in [0, 0.05) is 12.6 Å². The Kier molecular flexibility index (Phi) is 3.41. The molecule has 2 heterocycles. The van der Waals surface area contributed by atoms with E-state index in [1.54, 1.807) is 12.4 Å². The molecule has 0 radical (unpaired) electrons. The van der Waals surface area contributed by atoms with Gasteiger partial charge in [-0.15, -0.1) is 0 Å². The van der Waals surface area contributed by atoms with Gasteiger partial charge in [-0.3, -0.25) is 0 Å². The molecule has 82 valence electrons. The summed E-state index contributed by atoms with van der Waals surface area (Å²) < 4.78 is 0. The first kappa shape index (κ1) is 10.7. The van der Waals surface area contributed by atoms with E-state index in [9.17, 15) is 0 Å². The molecular formula is C11H16ClN3. The monoisotopic (exact) mass is 225 g/mol. The van der Waals surface area contributed by atoms with Gasteiger partial charge in [0.25, 0.3) is 0 Å². The number of piperidine rings is 1. The van der Waals surface area contributed by atoms with Crippen LogP contribution in [0.1, 0.15) is 32.6 Å². The molecule has 0 amide bonds. The minimum absolute atomic E-state index is 0.462. The molecule has 0 spiro atoms. The van der Waals surface area contributed by atoms with Crippen molar-refractivity contribution in [2.75, 3.05) is 11.4 Å². The van der Waals surface area contributed by atoms with Crippen molar-refractivity contribution in [3.63, 3.8) is 0 Å². The maximum Gasteiger partial charge on any atom is 0.147 e. The van der Waals surface area contributed by atoms with Crippen LogP contribution in [0.15, 0.2) is 12.4 Å². The molecule has 0 aliphatic carbocycles. The molecule has 1 aliphatic heterocycles. The van der Waals surface area contributed by atoms with Crippen LogP contribution in [0.25, 0.3) is 0 Å². The van der Waals surface area contributed by atoms with Gasteiger partial charge in [0.2, 0.25) is 0 Å². The van der Waals surface area contributed by atoms with Crippen LogP contribution < -0.4 is 4.90 Å². The summed E-state index contributed by atoms with van der Waals surface area (Å²) in [5, 5.41) is 0.462. The van der Waals surface area contributed by atoms with Crippen LogP contribution in [0, 0.1) is 0 Å². The smallest absolute Gasteiger partial charge is 0.147 e. The number of rotatable bonds is 2. The third kappa shape index (κ3) is 2.40. The van der Waals surface area contributed by atoms with Crippen LogP contribution in [0.3, 0.4) is 0 Å². The zero-order valence-electron chi connectivity index (χ0n) is 8.99. The highest BCUT2D eigenvalue weighted by Gasteiger charge is 2.21. The average Bonchev–Trinajstić information content (AvgIpc) is 2.30. The first-order chi connectivity index (χ1) is 7.31. The molecule has 0 saturated carbocycles. The van der Waals surface area contributed by atoms with E-state index in [0.717, 1.165) is 12.4 Å². The number of hydrogen-bond acceptors (Lipinski definition) is 3. The molecule has 1 unspecified atom stereocenters. The Balaban J connectivity index is 2.16. The topological polar surface area (TPSA) is 29.0 Å². The molecular weight excluding hydrogens is 210 g/mol. The van der Waals surface area contributed by atoms with Gasteiger partial charge in [-0.25, -0.2) is 9.97 Å². The van der Waals surface area contributed by atoms with Crippen molar-refractivity contribution in [1.29, 1.82) is 0 Å². The lowest BCUT2D eigenvalue weighted by Gasteiger charge is -2.35. The minimum atomic E-state index is 0.462. The van der Waals surface area contributed by atoms with Crippen molar-refractivity contribution in [3.8, 4) is 0 Å². The highest BCUT2D eigenvalue weighted by Crippen LogP contribution is 2.24. The second kappa shape index (κ2) is 4.79. The van der Waals surface area contributed by atoms with Crippen molar-refractivity contribution in [2.24, 2.45) is 0 Å². The van der Waals surface area contributed by atoms with E-state index in [0.29, 0.717) is 11.2 Å². The fourth-order valence-electron chi connectivity index (χ4n) is 2.18. The lowest BCUT2D eigenvalue weighted by Crippen LogP contribution is -2.39. The Morgan fingerprint density at radius 1 is 1.40 bits per heavy atom. The predicted molar refractivity (Wildman–Crippen MR) is 62.3 cm³/mol. The van der Waals surface area contributed by atoms with Crippen molar-refractivity contribution in [3.05, 3.63) is 17.5 Å². The van der Waals surface area contributed by atoms with Gasteiger partial charge in [-0.05, 0) is 25.7 Å². The molecule has 0 bridgehead atoms. The zero-order chi connectivity index (χ0) is 10.7. The molecule has 1 fully saturated rings. The van der Waals surface area contributed by atoms with Crippen molar-refractivity contribution < 1.29 is 0 Å². The first-order valence-corrected chi connectivity index (χ1v) is 5.93. The van der Waals surface area contributed by atoms with E-state index in [2.05, 4.69) is 21.8 Å². The fourth-order valence-corrected chi connectivity index (χ4v) is 2.28. The van der Waals surface area contributed by atoms with E-state index in [1.807, 2.05) is 0 Å². The SMILES string of the molecule is CCC1CCCCN1c1cnc(Cl)cn1. The summed E-state index contributed by atoms with van der Waals surface area (Å²) in [6.45, 7) is 3.32. The predicted octanol–water partition coefficient (Wildman–Crippen LogP) is 2.90. The maximum absolute atomic E-state index is 5.73. The van der Waals surface area contributed by atoms with Gasteiger partial charge in [0.15, 0.2) is 0 Å². The van der Waals surface area contributed by atoms with E-state index in [-0.39, 0.29) is 0 Å². The number of hydrogen-bond donors (Lipinski definition) is 0. The lowest BCUT2D eigenvalue weighted by atomic mass is 10.0. The molecule has 4 heteroatoms. The Morgan fingerprint density at radius 2 is 2.27 bits per heavy atom. The highest BCUT2D eigenvalue weighted by atomic mass is 35.5. The van der Waals surface area contributed by atoms with Gasteiger partial charge in [0.05, 0.1) is 12.4 Å². The second-order valence-corrected chi connectivity index (χ2v) is 4.34. The Morgan fingerprint density at radius 3 is 2.93 bits per heavy atom.